The molecule has 1 saturated heterocycles. The number of rotatable bonds is 3. The smallest absolute Gasteiger partial charge is 0.227 e. The second kappa shape index (κ2) is 6.87. The highest BCUT2D eigenvalue weighted by Crippen LogP contribution is 2.16. The quantitative estimate of drug-likeness (QED) is 0.876. The zero-order valence-corrected chi connectivity index (χ0v) is 13.5. The molecule has 1 aliphatic heterocycles. The molecule has 0 bridgehead atoms. The van der Waals surface area contributed by atoms with E-state index in [1.807, 2.05) is 41.3 Å². The van der Waals surface area contributed by atoms with E-state index in [4.69, 9.17) is 17.3 Å². The maximum atomic E-state index is 12.4. The summed E-state index contributed by atoms with van der Waals surface area (Å²) >= 11 is 5.86. The van der Waals surface area contributed by atoms with Crippen LogP contribution in [0.2, 0.25) is 5.02 Å². The van der Waals surface area contributed by atoms with E-state index < -0.39 is 0 Å². The molecule has 2 heterocycles. The number of hydrogen-bond acceptors (Lipinski definition) is 4. The molecule has 2 N–H and O–H groups in total. The van der Waals surface area contributed by atoms with E-state index in [2.05, 4.69) is 9.88 Å². The summed E-state index contributed by atoms with van der Waals surface area (Å²) in [6.45, 7) is 2.97. The summed E-state index contributed by atoms with van der Waals surface area (Å²) in [7, 11) is 0. The Morgan fingerprint density at radius 2 is 1.78 bits per heavy atom. The van der Waals surface area contributed by atoms with Crippen molar-refractivity contribution in [3.8, 4) is 0 Å². The van der Waals surface area contributed by atoms with Gasteiger partial charge in [-0.05, 0) is 29.8 Å². The van der Waals surface area contributed by atoms with Crippen LogP contribution in [0.5, 0.6) is 0 Å². The lowest BCUT2D eigenvalue weighted by atomic mass is 10.1. The number of halogens is 1. The maximum Gasteiger partial charge on any atom is 0.227 e. The van der Waals surface area contributed by atoms with Gasteiger partial charge in [0.2, 0.25) is 5.91 Å². The van der Waals surface area contributed by atoms with E-state index in [9.17, 15) is 4.79 Å². The molecule has 1 aromatic carbocycles. The standard InChI is InChI=1S/C17H19ClN4O/c18-14-3-6-16(20-12-14)21-7-9-22(10-8-21)17(23)11-13-1-4-15(19)5-2-13/h1-6,12H,7-11,19H2. The normalized spacial score (nSPS) is 14.8. The summed E-state index contributed by atoms with van der Waals surface area (Å²) in [5.41, 5.74) is 7.37. The third-order valence-electron chi connectivity index (χ3n) is 4.00. The first-order valence-electron chi connectivity index (χ1n) is 7.60. The van der Waals surface area contributed by atoms with Crippen LogP contribution in [0.25, 0.3) is 0 Å². The van der Waals surface area contributed by atoms with Crippen molar-refractivity contribution < 1.29 is 4.79 Å². The Balaban J connectivity index is 1.54. The van der Waals surface area contributed by atoms with E-state index in [0.29, 0.717) is 30.2 Å². The highest BCUT2D eigenvalue weighted by molar-refractivity contribution is 6.30. The van der Waals surface area contributed by atoms with Crippen LogP contribution in [0.4, 0.5) is 11.5 Å². The molecule has 1 fully saturated rings. The van der Waals surface area contributed by atoms with Gasteiger partial charge >= 0.3 is 0 Å². The minimum atomic E-state index is 0.151. The first-order chi connectivity index (χ1) is 11.1. The van der Waals surface area contributed by atoms with Gasteiger partial charge in [-0.3, -0.25) is 4.79 Å². The van der Waals surface area contributed by atoms with Crippen LogP contribution in [0.1, 0.15) is 5.56 Å². The topological polar surface area (TPSA) is 62.5 Å². The van der Waals surface area contributed by atoms with Gasteiger partial charge in [0.05, 0.1) is 11.4 Å². The lowest BCUT2D eigenvalue weighted by Gasteiger charge is -2.35. The monoisotopic (exact) mass is 330 g/mol. The molecular formula is C17H19ClN4O. The first kappa shape index (κ1) is 15.6. The molecule has 3 rings (SSSR count). The molecule has 1 aromatic heterocycles. The van der Waals surface area contributed by atoms with Crippen LogP contribution in [-0.4, -0.2) is 42.0 Å². The second-order valence-electron chi connectivity index (χ2n) is 5.62. The first-order valence-corrected chi connectivity index (χ1v) is 7.98. The van der Waals surface area contributed by atoms with E-state index >= 15 is 0 Å². The fourth-order valence-electron chi connectivity index (χ4n) is 2.66. The van der Waals surface area contributed by atoms with E-state index in [-0.39, 0.29) is 5.91 Å². The molecule has 0 saturated carbocycles. The van der Waals surface area contributed by atoms with Crippen LogP contribution in [0.15, 0.2) is 42.6 Å². The Morgan fingerprint density at radius 3 is 2.39 bits per heavy atom. The summed E-state index contributed by atoms with van der Waals surface area (Å²) < 4.78 is 0. The van der Waals surface area contributed by atoms with Crippen molar-refractivity contribution in [2.24, 2.45) is 0 Å². The number of nitrogen functional groups attached to an aromatic ring is 1. The van der Waals surface area contributed by atoms with Crippen LogP contribution in [0.3, 0.4) is 0 Å². The lowest BCUT2D eigenvalue weighted by molar-refractivity contribution is -0.130. The van der Waals surface area contributed by atoms with Crippen LogP contribution >= 0.6 is 11.6 Å². The van der Waals surface area contributed by atoms with Crippen LogP contribution < -0.4 is 10.6 Å². The van der Waals surface area contributed by atoms with Crippen molar-refractivity contribution in [2.75, 3.05) is 36.8 Å². The molecule has 1 amide bonds. The third-order valence-corrected chi connectivity index (χ3v) is 4.23. The Hall–Kier alpha value is -2.27. The predicted molar refractivity (Wildman–Crippen MR) is 92.6 cm³/mol. The summed E-state index contributed by atoms with van der Waals surface area (Å²) in [5.74, 6) is 1.05. The van der Waals surface area contributed by atoms with Crippen LogP contribution in [0, 0.1) is 0 Å². The van der Waals surface area contributed by atoms with Crippen molar-refractivity contribution in [3.63, 3.8) is 0 Å². The van der Waals surface area contributed by atoms with Crippen molar-refractivity contribution in [2.45, 2.75) is 6.42 Å². The molecular weight excluding hydrogens is 312 g/mol. The molecule has 23 heavy (non-hydrogen) atoms. The van der Waals surface area contributed by atoms with Gasteiger partial charge in [0, 0.05) is 38.1 Å². The Bertz CT molecular complexity index is 664. The number of aromatic nitrogens is 1. The van der Waals surface area contributed by atoms with E-state index in [1.165, 1.54) is 0 Å². The number of anilines is 2. The predicted octanol–water partition coefficient (Wildman–Crippen LogP) is 2.21. The molecule has 6 heteroatoms. The van der Waals surface area contributed by atoms with Gasteiger partial charge in [-0.1, -0.05) is 23.7 Å². The summed E-state index contributed by atoms with van der Waals surface area (Å²) in [6.07, 6.45) is 2.06. The van der Waals surface area contributed by atoms with Gasteiger partial charge in [-0.15, -0.1) is 0 Å². The second-order valence-corrected chi connectivity index (χ2v) is 6.06. The van der Waals surface area contributed by atoms with E-state index in [1.54, 1.807) is 6.20 Å². The number of benzene rings is 1. The average molecular weight is 331 g/mol. The zero-order chi connectivity index (χ0) is 16.2. The third kappa shape index (κ3) is 3.93. The molecule has 1 aliphatic rings. The Morgan fingerprint density at radius 1 is 1.09 bits per heavy atom. The highest BCUT2D eigenvalue weighted by atomic mass is 35.5. The van der Waals surface area contributed by atoms with Crippen LogP contribution in [-0.2, 0) is 11.2 Å². The van der Waals surface area contributed by atoms with Gasteiger partial charge in [0.15, 0.2) is 0 Å². The van der Waals surface area contributed by atoms with Gasteiger partial charge < -0.3 is 15.5 Å². The number of nitrogens with zero attached hydrogens (tertiary/aromatic N) is 3. The molecule has 0 atom stereocenters. The molecule has 0 spiro atoms. The number of nitrogens with two attached hydrogens (primary N) is 1. The fourth-order valence-corrected chi connectivity index (χ4v) is 2.77. The molecule has 2 aromatic rings. The molecule has 0 unspecified atom stereocenters. The number of amides is 1. The molecule has 5 nitrogen and oxygen atoms in total. The number of hydrogen-bond donors (Lipinski definition) is 1. The SMILES string of the molecule is Nc1ccc(CC(=O)N2CCN(c3ccc(Cl)cn3)CC2)cc1. The number of piperazine rings is 1. The van der Waals surface area contributed by atoms with Gasteiger partial charge in [0.1, 0.15) is 5.82 Å². The average Bonchev–Trinajstić information content (AvgIpc) is 2.58. The summed E-state index contributed by atoms with van der Waals surface area (Å²) in [4.78, 5) is 20.8. The summed E-state index contributed by atoms with van der Waals surface area (Å²) in [6, 6.07) is 11.2. The Labute approximate surface area is 140 Å². The molecule has 0 radical (unpaired) electrons. The van der Waals surface area contributed by atoms with Gasteiger partial charge in [0.25, 0.3) is 0 Å². The highest BCUT2D eigenvalue weighted by Gasteiger charge is 2.21. The largest absolute Gasteiger partial charge is 0.399 e. The van der Waals surface area contributed by atoms with Crippen molar-refractivity contribution >= 4 is 29.0 Å². The molecule has 120 valence electrons. The van der Waals surface area contributed by atoms with Crippen molar-refractivity contribution in [3.05, 3.63) is 53.2 Å². The fraction of sp³-hybridized carbons (Fsp3) is 0.294. The maximum absolute atomic E-state index is 12.4. The lowest BCUT2D eigenvalue weighted by Crippen LogP contribution is -2.49. The number of pyridine rings is 1. The van der Waals surface area contributed by atoms with Gasteiger partial charge in [-0.2, -0.15) is 0 Å². The number of carbonyl (C=O) groups is 1. The van der Waals surface area contributed by atoms with E-state index in [0.717, 1.165) is 24.5 Å². The Kier molecular flexibility index (Phi) is 4.67. The zero-order valence-electron chi connectivity index (χ0n) is 12.8. The van der Waals surface area contributed by atoms with Crippen molar-refractivity contribution in [1.29, 1.82) is 0 Å². The molecule has 0 aliphatic carbocycles. The van der Waals surface area contributed by atoms with Gasteiger partial charge in [-0.25, -0.2) is 4.98 Å². The minimum absolute atomic E-state index is 0.151. The van der Waals surface area contributed by atoms with Crippen molar-refractivity contribution in [1.82, 2.24) is 9.88 Å². The number of carbonyl (C=O) groups excluding carboxylic acids is 1. The summed E-state index contributed by atoms with van der Waals surface area (Å²) in [5, 5.41) is 0.631. The minimum Gasteiger partial charge on any atom is -0.399 e.